The van der Waals surface area contributed by atoms with Crippen LogP contribution in [0.4, 0.5) is 0 Å². The Bertz CT molecular complexity index is 155. The first kappa shape index (κ1) is 8.99. The molecule has 10 heavy (non-hydrogen) atoms. The van der Waals surface area contributed by atoms with Gasteiger partial charge in [-0.25, -0.2) is 0 Å². The number of nitrogens with one attached hydrogen (secondary N) is 1. The predicted octanol–water partition coefficient (Wildman–Crippen LogP) is -0.525. The molecule has 1 amide bonds. The Hall–Kier alpha value is -1.01. The summed E-state index contributed by atoms with van der Waals surface area (Å²) in [6.07, 6.45) is 0.803. The van der Waals surface area contributed by atoms with Crippen LogP contribution < -0.4 is 11.1 Å². The van der Waals surface area contributed by atoms with Crippen LogP contribution in [0.3, 0.4) is 0 Å². The van der Waals surface area contributed by atoms with E-state index in [4.69, 9.17) is 5.73 Å². The molecule has 0 heterocycles. The first-order chi connectivity index (χ1) is 4.81. The van der Waals surface area contributed by atoms with E-state index in [1.807, 2.05) is 0 Å². The van der Waals surface area contributed by atoms with Crippen LogP contribution in [0.2, 0.25) is 0 Å². The average Bonchev–Trinajstić information content (AvgIpc) is 1.89. The minimum Gasteiger partial charge on any atom is -0.345 e. The molecule has 0 atom stereocenters. The highest BCUT2D eigenvalue weighted by molar-refractivity contribution is 5.93. The topological polar surface area (TPSA) is 55.1 Å². The van der Waals surface area contributed by atoms with Crippen molar-refractivity contribution in [2.24, 2.45) is 5.73 Å². The van der Waals surface area contributed by atoms with Crippen molar-refractivity contribution >= 4 is 5.91 Å². The third kappa shape index (κ3) is 5.13. The molecule has 56 valence electrons. The molecule has 0 aliphatic carbocycles. The molecule has 3 nitrogen and oxygen atoms in total. The molecule has 0 rings (SSSR count). The van der Waals surface area contributed by atoms with E-state index in [0.717, 1.165) is 6.42 Å². The first-order valence-electron chi connectivity index (χ1n) is 3.22. The SMILES string of the molecule is CC#CC(=O)NCCCN. The Balaban J connectivity index is 3.28. The predicted molar refractivity (Wildman–Crippen MR) is 40.1 cm³/mol. The van der Waals surface area contributed by atoms with E-state index in [-0.39, 0.29) is 5.91 Å². The monoisotopic (exact) mass is 140 g/mol. The molecule has 0 aromatic carbocycles. The molecule has 0 fully saturated rings. The van der Waals surface area contributed by atoms with E-state index < -0.39 is 0 Å². The zero-order valence-electron chi connectivity index (χ0n) is 6.11. The van der Waals surface area contributed by atoms with Crippen molar-refractivity contribution in [1.82, 2.24) is 5.32 Å². The molecular formula is C7H12N2O. The summed E-state index contributed by atoms with van der Waals surface area (Å²) in [7, 11) is 0. The highest BCUT2D eigenvalue weighted by Crippen LogP contribution is 1.69. The number of nitrogens with two attached hydrogens (primary N) is 1. The summed E-state index contributed by atoms with van der Waals surface area (Å²) in [6.45, 7) is 2.84. The third-order valence-corrected chi connectivity index (χ3v) is 0.905. The van der Waals surface area contributed by atoms with E-state index in [0.29, 0.717) is 13.1 Å². The molecule has 3 N–H and O–H groups in total. The lowest BCUT2D eigenvalue weighted by atomic mass is 10.4. The van der Waals surface area contributed by atoms with Crippen LogP contribution >= 0.6 is 0 Å². The van der Waals surface area contributed by atoms with E-state index >= 15 is 0 Å². The highest BCUT2D eigenvalue weighted by Gasteiger charge is 1.90. The maximum absolute atomic E-state index is 10.6. The van der Waals surface area contributed by atoms with Crippen molar-refractivity contribution in [2.75, 3.05) is 13.1 Å². The van der Waals surface area contributed by atoms with Gasteiger partial charge in [0.15, 0.2) is 0 Å². The molecule has 0 saturated heterocycles. The van der Waals surface area contributed by atoms with Crippen LogP contribution in [0.5, 0.6) is 0 Å². The van der Waals surface area contributed by atoms with Crippen LogP contribution in [-0.4, -0.2) is 19.0 Å². The van der Waals surface area contributed by atoms with Gasteiger partial charge in [0.2, 0.25) is 0 Å². The standard InChI is InChI=1S/C7H12N2O/c1-2-4-7(10)9-6-3-5-8/h3,5-6,8H2,1H3,(H,9,10). The molecule has 0 spiro atoms. The van der Waals surface area contributed by atoms with E-state index in [2.05, 4.69) is 17.2 Å². The fourth-order valence-electron chi connectivity index (χ4n) is 0.462. The molecule has 0 aromatic heterocycles. The van der Waals surface area contributed by atoms with Gasteiger partial charge >= 0.3 is 0 Å². The maximum Gasteiger partial charge on any atom is 0.295 e. The zero-order chi connectivity index (χ0) is 7.82. The minimum absolute atomic E-state index is 0.226. The van der Waals surface area contributed by atoms with Crippen LogP contribution in [0.25, 0.3) is 0 Å². The molecule has 3 heteroatoms. The summed E-state index contributed by atoms with van der Waals surface area (Å²) < 4.78 is 0. The van der Waals surface area contributed by atoms with Gasteiger partial charge < -0.3 is 11.1 Å². The number of amides is 1. The van der Waals surface area contributed by atoms with Crippen LogP contribution in [0, 0.1) is 11.8 Å². The molecule has 0 radical (unpaired) electrons. The van der Waals surface area contributed by atoms with Gasteiger partial charge in [-0.05, 0) is 25.8 Å². The Morgan fingerprint density at radius 1 is 1.70 bits per heavy atom. The second kappa shape index (κ2) is 6.12. The van der Waals surface area contributed by atoms with Crippen LogP contribution in [0.15, 0.2) is 0 Å². The summed E-state index contributed by atoms with van der Waals surface area (Å²) in [5.41, 5.74) is 5.20. The largest absolute Gasteiger partial charge is 0.345 e. The second-order valence-corrected chi connectivity index (χ2v) is 1.77. The van der Waals surface area contributed by atoms with Crippen molar-refractivity contribution in [3.63, 3.8) is 0 Å². The molecule has 0 aliphatic heterocycles. The third-order valence-electron chi connectivity index (χ3n) is 0.905. The van der Waals surface area contributed by atoms with Gasteiger partial charge in [-0.3, -0.25) is 4.79 Å². The van der Waals surface area contributed by atoms with Gasteiger partial charge in [0.05, 0.1) is 0 Å². The summed E-state index contributed by atoms with van der Waals surface area (Å²) in [4.78, 5) is 10.6. The smallest absolute Gasteiger partial charge is 0.295 e. The Morgan fingerprint density at radius 2 is 2.40 bits per heavy atom. The quantitative estimate of drug-likeness (QED) is 0.409. The first-order valence-corrected chi connectivity index (χ1v) is 3.22. The number of carbonyl (C=O) groups excluding carboxylic acids is 1. The van der Waals surface area contributed by atoms with Gasteiger partial charge in [-0.2, -0.15) is 0 Å². The van der Waals surface area contributed by atoms with Crippen LogP contribution in [0.1, 0.15) is 13.3 Å². The van der Waals surface area contributed by atoms with Gasteiger partial charge in [0.1, 0.15) is 0 Å². The zero-order valence-corrected chi connectivity index (χ0v) is 6.11. The molecule has 0 saturated carbocycles. The number of hydrogen-bond donors (Lipinski definition) is 2. The second-order valence-electron chi connectivity index (χ2n) is 1.77. The summed E-state index contributed by atoms with van der Waals surface area (Å²) in [5, 5.41) is 2.59. The molecule has 0 bridgehead atoms. The van der Waals surface area contributed by atoms with Gasteiger partial charge in [-0.1, -0.05) is 5.92 Å². The summed E-state index contributed by atoms with van der Waals surface area (Å²) >= 11 is 0. The molecule has 0 aromatic rings. The van der Waals surface area contributed by atoms with Gasteiger partial charge in [0, 0.05) is 6.54 Å². The van der Waals surface area contributed by atoms with Crippen molar-refractivity contribution in [3.05, 3.63) is 0 Å². The average molecular weight is 140 g/mol. The summed E-state index contributed by atoms with van der Waals surface area (Å²) in [6, 6.07) is 0. The molecule has 0 unspecified atom stereocenters. The fourth-order valence-corrected chi connectivity index (χ4v) is 0.462. The van der Waals surface area contributed by atoms with Crippen molar-refractivity contribution < 1.29 is 4.79 Å². The molecule has 0 aliphatic rings. The van der Waals surface area contributed by atoms with Crippen molar-refractivity contribution in [1.29, 1.82) is 0 Å². The maximum atomic E-state index is 10.6. The number of hydrogen-bond acceptors (Lipinski definition) is 2. The highest BCUT2D eigenvalue weighted by atomic mass is 16.1. The van der Waals surface area contributed by atoms with Gasteiger partial charge in [-0.15, -0.1) is 0 Å². The lowest BCUT2D eigenvalue weighted by molar-refractivity contribution is -0.115. The summed E-state index contributed by atoms with van der Waals surface area (Å²) in [5.74, 6) is 4.64. The Kier molecular flexibility index (Phi) is 5.50. The van der Waals surface area contributed by atoms with Crippen molar-refractivity contribution in [2.45, 2.75) is 13.3 Å². The lowest BCUT2D eigenvalue weighted by Gasteiger charge is -1.96. The molecular weight excluding hydrogens is 128 g/mol. The van der Waals surface area contributed by atoms with E-state index in [1.165, 1.54) is 0 Å². The fraction of sp³-hybridized carbons (Fsp3) is 0.571. The minimum atomic E-state index is -0.226. The van der Waals surface area contributed by atoms with Crippen LogP contribution in [-0.2, 0) is 4.79 Å². The van der Waals surface area contributed by atoms with E-state index in [9.17, 15) is 4.79 Å². The lowest BCUT2D eigenvalue weighted by Crippen LogP contribution is -2.24. The van der Waals surface area contributed by atoms with Crippen molar-refractivity contribution in [3.8, 4) is 11.8 Å². The number of rotatable bonds is 3. The normalized spacial score (nSPS) is 7.80. The van der Waals surface area contributed by atoms with Gasteiger partial charge in [0.25, 0.3) is 5.91 Å². The Morgan fingerprint density at radius 3 is 2.90 bits per heavy atom. The van der Waals surface area contributed by atoms with E-state index in [1.54, 1.807) is 6.92 Å². The number of carbonyl (C=O) groups is 1. The Labute approximate surface area is 61.0 Å².